The number of amides is 2. The zero-order valence-corrected chi connectivity index (χ0v) is 14.6. The van der Waals surface area contributed by atoms with Crippen molar-refractivity contribution in [1.82, 2.24) is 4.98 Å². The molecular formula is C21H19N3O2. The number of para-hydroxylation sites is 1. The van der Waals surface area contributed by atoms with Gasteiger partial charge in [-0.25, -0.2) is 0 Å². The number of hydrogen-bond donors (Lipinski definition) is 2. The number of hydrogen-bond acceptors (Lipinski definition) is 3. The summed E-state index contributed by atoms with van der Waals surface area (Å²) >= 11 is 0. The molecule has 0 unspecified atom stereocenters. The van der Waals surface area contributed by atoms with Crippen LogP contribution in [0.1, 0.15) is 31.8 Å². The number of aromatic nitrogens is 1. The molecule has 2 amide bonds. The zero-order valence-electron chi connectivity index (χ0n) is 14.6. The number of aryl methyl sites for hydroxylation is 2. The second-order valence-electron chi connectivity index (χ2n) is 5.99. The van der Waals surface area contributed by atoms with Crippen molar-refractivity contribution in [2.45, 2.75) is 13.8 Å². The second kappa shape index (κ2) is 7.61. The van der Waals surface area contributed by atoms with Crippen LogP contribution in [0, 0.1) is 13.8 Å². The number of anilines is 2. The Hall–Kier alpha value is -3.47. The van der Waals surface area contributed by atoms with E-state index in [4.69, 9.17) is 0 Å². The number of carbonyl (C=O) groups is 2. The third-order valence-electron chi connectivity index (χ3n) is 4.11. The van der Waals surface area contributed by atoms with E-state index in [9.17, 15) is 9.59 Å². The Morgan fingerprint density at radius 1 is 0.846 bits per heavy atom. The molecule has 3 rings (SSSR count). The van der Waals surface area contributed by atoms with E-state index >= 15 is 0 Å². The van der Waals surface area contributed by atoms with Gasteiger partial charge in [-0.2, -0.15) is 0 Å². The van der Waals surface area contributed by atoms with Crippen LogP contribution in [-0.2, 0) is 0 Å². The Labute approximate surface area is 152 Å². The van der Waals surface area contributed by atoms with Gasteiger partial charge >= 0.3 is 0 Å². The van der Waals surface area contributed by atoms with Crippen LogP contribution in [0.25, 0.3) is 0 Å². The maximum absolute atomic E-state index is 12.7. The highest BCUT2D eigenvalue weighted by Crippen LogP contribution is 2.20. The SMILES string of the molecule is Cc1ccc(NC(=O)c2ccccc2NC(=O)c2cccnc2)cc1C. The fourth-order valence-electron chi connectivity index (χ4n) is 2.50. The van der Waals surface area contributed by atoms with Crippen molar-refractivity contribution in [3.63, 3.8) is 0 Å². The predicted molar refractivity (Wildman–Crippen MR) is 103 cm³/mol. The summed E-state index contributed by atoms with van der Waals surface area (Å²) in [5, 5.41) is 5.65. The molecule has 26 heavy (non-hydrogen) atoms. The molecule has 0 aliphatic carbocycles. The van der Waals surface area contributed by atoms with Gasteiger partial charge in [0.05, 0.1) is 16.8 Å². The Morgan fingerprint density at radius 3 is 2.38 bits per heavy atom. The molecule has 1 aromatic heterocycles. The zero-order chi connectivity index (χ0) is 18.5. The van der Waals surface area contributed by atoms with Crippen molar-refractivity contribution < 1.29 is 9.59 Å². The quantitative estimate of drug-likeness (QED) is 0.744. The molecule has 0 radical (unpaired) electrons. The van der Waals surface area contributed by atoms with Gasteiger partial charge in [-0.15, -0.1) is 0 Å². The lowest BCUT2D eigenvalue weighted by Crippen LogP contribution is -2.18. The number of pyridine rings is 1. The van der Waals surface area contributed by atoms with Crippen molar-refractivity contribution >= 4 is 23.2 Å². The van der Waals surface area contributed by atoms with Gasteiger partial charge in [-0.3, -0.25) is 14.6 Å². The average Bonchev–Trinajstić information content (AvgIpc) is 2.66. The Kier molecular flexibility index (Phi) is 5.08. The van der Waals surface area contributed by atoms with Crippen LogP contribution in [0.15, 0.2) is 67.0 Å². The first-order valence-electron chi connectivity index (χ1n) is 8.23. The lowest BCUT2D eigenvalue weighted by atomic mass is 10.1. The monoisotopic (exact) mass is 345 g/mol. The molecule has 5 heteroatoms. The van der Waals surface area contributed by atoms with E-state index in [1.165, 1.54) is 6.20 Å². The van der Waals surface area contributed by atoms with Gasteiger partial charge in [0.15, 0.2) is 0 Å². The highest BCUT2D eigenvalue weighted by molar-refractivity contribution is 6.12. The molecule has 5 nitrogen and oxygen atoms in total. The van der Waals surface area contributed by atoms with E-state index < -0.39 is 0 Å². The van der Waals surface area contributed by atoms with Gasteiger partial charge in [-0.05, 0) is 61.4 Å². The van der Waals surface area contributed by atoms with E-state index in [0.717, 1.165) is 11.1 Å². The minimum absolute atomic E-state index is 0.282. The first-order chi connectivity index (χ1) is 12.5. The molecule has 0 atom stereocenters. The molecule has 0 aliphatic heterocycles. The van der Waals surface area contributed by atoms with Crippen molar-refractivity contribution in [2.75, 3.05) is 10.6 Å². The lowest BCUT2D eigenvalue weighted by Gasteiger charge is -2.12. The Morgan fingerprint density at radius 2 is 1.65 bits per heavy atom. The maximum atomic E-state index is 12.7. The smallest absolute Gasteiger partial charge is 0.257 e. The number of carbonyl (C=O) groups excluding carboxylic acids is 2. The predicted octanol–water partition coefficient (Wildman–Crippen LogP) is 4.20. The summed E-state index contributed by atoms with van der Waals surface area (Å²) in [6.45, 7) is 4.01. The van der Waals surface area contributed by atoms with Crippen LogP contribution in [0.3, 0.4) is 0 Å². The molecule has 0 saturated heterocycles. The highest BCUT2D eigenvalue weighted by Gasteiger charge is 2.14. The van der Waals surface area contributed by atoms with Crippen molar-refractivity contribution in [1.29, 1.82) is 0 Å². The summed E-state index contributed by atoms with van der Waals surface area (Å²) < 4.78 is 0. The number of rotatable bonds is 4. The molecule has 0 fully saturated rings. The first kappa shape index (κ1) is 17.4. The summed E-state index contributed by atoms with van der Waals surface area (Å²) in [4.78, 5) is 29.0. The van der Waals surface area contributed by atoms with E-state index in [2.05, 4.69) is 15.6 Å². The normalized spacial score (nSPS) is 10.2. The van der Waals surface area contributed by atoms with Crippen LogP contribution in [0.5, 0.6) is 0 Å². The molecule has 0 bridgehead atoms. The molecule has 0 saturated carbocycles. The van der Waals surface area contributed by atoms with Crippen molar-refractivity contribution in [2.24, 2.45) is 0 Å². The molecular weight excluding hydrogens is 326 g/mol. The minimum Gasteiger partial charge on any atom is -0.322 e. The molecule has 0 spiro atoms. The summed E-state index contributed by atoms with van der Waals surface area (Å²) in [5.41, 5.74) is 4.24. The van der Waals surface area contributed by atoms with Gasteiger partial charge in [0.1, 0.15) is 0 Å². The lowest BCUT2D eigenvalue weighted by molar-refractivity contribution is 0.102. The van der Waals surface area contributed by atoms with Gasteiger partial charge in [0.2, 0.25) is 0 Å². The second-order valence-corrected chi connectivity index (χ2v) is 5.99. The van der Waals surface area contributed by atoms with Crippen LogP contribution >= 0.6 is 0 Å². The fraction of sp³-hybridized carbons (Fsp3) is 0.0952. The molecule has 2 N–H and O–H groups in total. The fourth-order valence-corrected chi connectivity index (χ4v) is 2.50. The number of nitrogens with one attached hydrogen (secondary N) is 2. The summed E-state index contributed by atoms with van der Waals surface area (Å²) in [6.07, 6.45) is 3.08. The maximum Gasteiger partial charge on any atom is 0.257 e. The Bertz CT molecular complexity index is 952. The third kappa shape index (κ3) is 3.95. The third-order valence-corrected chi connectivity index (χ3v) is 4.11. The van der Waals surface area contributed by atoms with Gasteiger partial charge < -0.3 is 10.6 Å². The first-order valence-corrected chi connectivity index (χ1v) is 8.23. The van der Waals surface area contributed by atoms with Crippen LogP contribution < -0.4 is 10.6 Å². The van der Waals surface area contributed by atoms with Crippen LogP contribution in [-0.4, -0.2) is 16.8 Å². The standard InChI is InChI=1S/C21H19N3O2/c1-14-9-10-17(12-15(14)2)23-21(26)18-7-3-4-8-19(18)24-20(25)16-6-5-11-22-13-16/h3-13H,1-2H3,(H,23,26)(H,24,25). The summed E-state index contributed by atoms with van der Waals surface area (Å²) in [7, 11) is 0. The molecule has 2 aromatic carbocycles. The van der Waals surface area contributed by atoms with Crippen LogP contribution in [0.2, 0.25) is 0 Å². The van der Waals surface area contributed by atoms with E-state index in [0.29, 0.717) is 22.5 Å². The van der Waals surface area contributed by atoms with Gasteiger partial charge in [0, 0.05) is 18.1 Å². The largest absolute Gasteiger partial charge is 0.322 e. The van der Waals surface area contributed by atoms with Crippen molar-refractivity contribution in [3.05, 3.63) is 89.2 Å². The van der Waals surface area contributed by atoms with Gasteiger partial charge in [-0.1, -0.05) is 18.2 Å². The Balaban J connectivity index is 1.81. The number of nitrogens with zero attached hydrogens (tertiary/aromatic N) is 1. The molecule has 0 aliphatic rings. The molecule has 3 aromatic rings. The molecule has 130 valence electrons. The summed E-state index contributed by atoms with van der Waals surface area (Å²) in [6, 6.07) is 16.0. The topological polar surface area (TPSA) is 71.1 Å². The summed E-state index contributed by atoms with van der Waals surface area (Å²) in [5.74, 6) is -0.597. The molecule has 1 heterocycles. The van der Waals surface area contributed by atoms with E-state index in [1.807, 2.05) is 32.0 Å². The van der Waals surface area contributed by atoms with Crippen molar-refractivity contribution in [3.8, 4) is 0 Å². The highest BCUT2D eigenvalue weighted by atomic mass is 16.2. The van der Waals surface area contributed by atoms with E-state index in [-0.39, 0.29) is 11.8 Å². The number of benzene rings is 2. The van der Waals surface area contributed by atoms with Crippen LogP contribution in [0.4, 0.5) is 11.4 Å². The van der Waals surface area contributed by atoms with E-state index in [1.54, 1.807) is 42.6 Å². The average molecular weight is 345 g/mol. The van der Waals surface area contributed by atoms with Gasteiger partial charge in [0.25, 0.3) is 11.8 Å². The minimum atomic E-state index is -0.315.